The van der Waals surface area contributed by atoms with Crippen molar-refractivity contribution < 1.29 is 13.2 Å². The Hall–Kier alpha value is -1.89. The van der Waals surface area contributed by atoms with Gasteiger partial charge >= 0.3 is 0 Å². The fourth-order valence-corrected chi connectivity index (χ4v) is 3.10. The van der Waals surface area contributed by atoms with Gasteiger partial charge in [0.2, 0.25) is 15.7 Å². The van der Waals surface area contributed by atoms with Crippen LogP contribution in [-0.4, -0.2) is 23.2 Å². The van der Waals surface area contributed by atoms with Gasteiger partial charge in [-0.2, -0.15) is 5.10 Å². The van der Waals surface area contributed by atoms with E-state index in [1.165, 1.54) is 23.1 Å². The van der Waals surface area contributed by atoms with Crippen molar-refractivity contribution in [1.29, 1.82) is 0 Å². The van der Waals surface area contributed by atoms with E-state index in [0.29, 0.717) is 11.6 Å². The van der Waals surface area contributed by atoms with E-state index in [0.717, 1.165) is 0 Å². The van der Waals surface area contributed by atoms with E-state index in [-0.39, 0.29) is 16.5 Å². The Morgan fingerprint density at radius 1 is 1.47 bits per heavy atom. The van der Waals surface area contributed by atoms with Crippen LogP contribution in [0.1, 0.15) is 5.69 Å². The van der Waals surface area contributed by atoms with Crippen molar-refractivity contribution in [1.82, 2.24) is 14.8 Å². The second-order valence-corrected chi connectivity index (χ2v) is 5.71. The zero-order chi connectivity index (χ0) is 12.0. The number of aromatic nitrogens is 3. The summed E-state index contributed by atoms with van der Waals surface area (Å²) in [5, 5.41) is 3.91. The van der Waals surface area contributed by atoms with Crippen molar-refractivity contribution in [2.75, 3.05) is 0 Å². The van der Waals surface area contributed by atoms with E-state index in [1.807, 2.05) is 0 Å². The summed E-state index contributed by atoms with van der Waals surface area (Å²) in [7, 11) is -3.45. The number of pyridine rings is 1. The lowest BCUT2D eigenvalue weighted by Crippen LogP contribution is -2.10. The Kier molecular flexibility index (Phi) is 1.99. The highest BCUT2D eigenvalue weighted by Crippen LogP contribution is 2.33. The predicted octanol–water partition coefficient (Wildman–Crippen LogP) is 1.12. The Bertz CT molecular complexity index is 691. The molecule has 2 aromatic rings. The van der Waals surface area contributed by atoms with Crippen LogP contribution < -0.4 is 4.74 Å². The van der Waals surface area contributed by atoms with Gasteiger partial charge in [0.05, 0.1) is 12.4 Å². The summed E-state index contributed by atoms with van der Waals surface area (Å²) in [4.78, 5) is 4.20. The molecule has 0 aliphatic carbocycles. The normalized spacial score (nSPS) is 16.5. The smallest absolute Gasteiger partial charge is 0.218 e. The minimum absolute atomic E-state index is 0.163. The number of fused-ring (bicyclic) bond motifs is 2. The molecule has 0 unspecified atom stereocenters. The molecule has 0 amide bonds. The molecule has 3 heterocycles. The van der Waals surface area contributed by atoms with Crippen molar-refractivity contribution in [3.8, 4) is 11.6 Å². The molecule has 0 aromatic carbocycles. The monoisotopic (exact) mass is 251 g/mol. The molecule has 0 N–H and O–H groups in total. The molecule has 6 nitrogen and oxygen atoms in total. The molecule has 0 atom stereocenters. The number of nitrogens with zero attached hydrogens (tertiary/aromatic N) is 3. The van der Waals surface area contributed by atoms with E-state index in [1.54, 1.807) is 13.0 Å². The van der Waals surface area contributed by atoms with Crippen LogP contribution in [0.3, 0.4) is 0 Å². The van der Waals surface area contributed by atoms with Crippen LogP contribution in [-0.2, 0) is 15.7 Å². The maximum Gasteiger partial charge on any atom is 0.218 e. The first-order valence-electron chi connectivity index (χ1n) is 4.95. The summed E-state index contributed by atoms with van der Waals surface area (Å²) in [6.07, 6.45) is 2.92. The second kappa shape index (κ2) is 3.30. The number of hydrogen-bond donors (Lipinski definition) is 0. The van der Waals surface area contributed by atoms with E-state index >= 15 is 0 Å². The molecule has 0 bridgehead atoms. The lowest BCUT2D eigenvalue weighted by molar-refractivity contribution is 0.423. The SMILES string of the molecule is Cc1cc2c(cn1)Oc1ccnn1CS2(=O)=O. The van der Waals surface area contributed by atoms with E-state index < -0.39 is 9.84 Å². The third-order valence-corrected chi connectivity index (χ3v) is 4.06. The molecule has 0 saturated heterocycles. The molecular formula is C10H9N3O3S. The number of rotatable bonds is 0. The zero-order valence-electron chi connectivity index (χ0n) is 8.99. The molecule has 1 aliphatic heterocycles. The summed E-state index contributed by atoms with van der Waals surface area (Å²) >= 11 is 0. The number of sulfone groups is 1. The predicted molar refractivity (Wildman–Crippen MR) is 58.5 cm³/mol. The summed E-state index contributed by atoms with van der Waals surface area (Å²) in [5.41, 5.74) is 0.635. The first-order chi connectivity index (χ1) is 8.06. The average Bonchev–Trinajstić information content (AvgIpc) is 2.64. The van der Waals surface area contributed by atoms with Gasteiger partial charge in [-0.15, -0.1) is 0 Å². The molecule has 3 rings (SSSR count). The average molecular weight is 251 g/mol. The summed E-state index contributed by atoms with van der Waals surface area (Å²) < 4.78 is 31.1. The highest BCUT2D eigenvalue weighted by Gasteiger charge is 2.27. The van der Waals surface area contributed by atoms with Gasteiger partial charge < -0.3 is 4.74 Å². The summed E-state index contributed by atoms with van der Waals surface area (Å²) in [6.45, 7) is 1.74. The van der Waals surface area contributed by atoms with Gasteiger partial charge in [-0.25, -0.2) is 13.1 Å². The fourth-order valence-electron chi connectivity index (χ4n) is 1.69. The van der Waals surface area contributed by atoms with Gasteiger partial charge in [0, 0.05) is 11.8 Å². The third kappa shape index (κ3) is 1.59. The van der Waals surface area contributed by atoms with Gasteiger partial charge in [0.1, 0.15) is 4.90 Å². The van der Waals surface area contributed by atoms with Crippen LogP contribution in [0.5, 0.6) is 11.6 Å². The van der Waals surface area contributed by atoms with Crippen LogP contribution in [0.2, 0.25) is 0 Å². The van der Waals surface area contributed by atoms with Crippen LogP contribution in [0.4, 0.5) is 0 Å². The molecular weight excluding hydrogens is 242 g/mol. The Labute approximate surface area is 97.8 Å². The topological polar surface area (TPSA) is 74.1 Å². The lowest BCUT2D eigenvalue weighted by Gasteiger charge is -2.05. The highest BCUT2D eigenvalue weighted by molar-refractivity contribution is 7.90. The largest absolute Gasteiger partial charge is 0.436 e. The molecule has 0 radical (unpaired) electrons. The van der Waals surface area contributed by atoms with E-state index in [4.69, 9.17) is 4.74 Å². The van der Waals surface area contributed by atoms with Crippen molar-refractivity contribution in [2.45, 2.75) is 17.7 Å². The Morgan fingerprint density at radius 2 is 2.29 bits per heavy atom. The Balaban J connectivity index is 2.28. The van der Waals surface area contributed by atoms with Crippen LogP contribution >= 0.6 is 0 Å². The lowest BCUT2D eigenvalue weighted by atomic mass is 10.4. The molecule has 17 heavy (non-hydrogen) atoms. The molecule has 88 valence electrons. The number of hydrogen-bond acceptors (Lipinski definition) is 5. The minimum atomic E-state index is -3.45. The van der Waals surface area contributed by atoms with Crippen LogP contribution in [0, 0.1) is 6.92 Å². The molecule has 0 saturated carbocycles. The first-order valence-corrected chi connectivity index (χ1v) is 6.60. The summed E-state index contributed by atoms with van der Waals surface area (Å²) in [5.74, 6) is 0.430. The van der Waals surface area contributed by atoms with Crippen molar-refractivity contribution in [3.63, 3.8) is 0 Å². The molecule has 0 spiro atoms. The third-order valence-electron chi connectivity index (χ3n) is 2.49. The zero-order valence-corrected chi connectivity index (χ0v) is 9.81. The molecule has 7 heteroatoms. The first kappa shape index (κ1) is 10.3. The number of aryl methyl sites for hydroxylation is 1. The van der Waals surface area contributed by atoms with Crippen molar-refractivity contribution in [2.24, 2.45) is 0 Å². The highest BCUT2D eigenvalue weighted by atomic mass is 32.2. The molecule has 1 aliphatic rings. The maximum atomic E-state index is 12.1. The second-order valence-electron chi connectivity index (χ2n) is 3.79. The van der Waals surface area contributed by atoms with Crippen molar-refractivity contribution >= 4 is 9.84 Å². The van der Waals surface area contributed by atoms with E-state index in [2.05, 4.69) is 10.1 Å². The van der Waals surface area contributed by atoms with Gasteiger partial charge in [0.15, 0.2) is 11.6 Å². The van der Waals surface area contributed by atoms with Crippen LogP contribution in [0.25, 0.3) is 0 Å². The molecule has 2 aromatic heterocycles. The molecule has 0 fully saturated rings. The number of ether oxygens (including phenoxy) is 1. The van der Waals surface area contributed by atoms with Gasteiger partial charge in [0.25, 0.3) is 0 Å². The Morgan fingerprint density at radius 3 is 3.12 bits per heavy atom. The fraction of sp³-hybridized carbons (Fsp3) is 0.200. The quantitative estimate of drug-likeness (QED) is 0.701. The minimum Gasteiger partial charge on any atom is -0.436 e. The van der Waals surface area contributed by atoms with Gasteiger partial charge in [-0.3, -0.25) is 4.98 Å². The van der Waals surface area contributed by atoms with Gasteiger partial charge in [-0.05, 0) is 13.0 Å². The summed E-state index contributed by atoms with van der Waals surface area (Å²) in [6, 6.07) is 3.13. The van der Waals surface area contributed by atoms with E-state index in [9.17, 15) is 8.42 Å². The van der Waals surface area contributed by atoms with Crippen molar-refractivity contribution in [3.05, 3.63) is 30.2 Å². The standard InChI is InChI=1S/C10H9N3O3S/c1-7-4-9-8(5-11-7)16-10-2-3-12-13(10)6-17(9,14)15/h2-5H,6H2,1H3. The maximum absolute atomic E-state index is 12.1. The van der Waals surface area contributed by atoms with Crippen LogP contribution in [0.15, 0.2) is 29.4 Å². The van der Waals surface area contributed by atoms with Gasteiger partial charge in [-0.1, -0.05) is 0 Å².